The number of amides is 3. The lowest BCUT2D eigenvalue weighted by Gasteiger charge is -2.29. The number of aromatic nitrogens is 2. The Labute approximate surface area is 173 Å². The molecule has 4 rings (SSSR count). The normalized spacial score (nSPS) is 21.7. The number of hydrogen-bond acceptors (Lipinski definition) is 5. The van der Waals surface area contributed by atoms with E-state index < -0.39 is 6.03 Å². The van der Waals surface area contributed by atoms with E-state index in [9.17, 15) is 14.4 Å². The topological polar surface area (TPSA) is 93.1 Å². The SMILES string of the molecule is C[C@H]1CCCC[C@H]1NC(=O)NC(=O)CSc1nc2ccccc2c(=O)n1C1CC1. The van der Waals surface area contributed by atoms with E-state index in [0.717, 1.165) is 32.1 Å². The summed E-state index contributed by atoms with van der Waals surface area (Å²) in [5.41, 5.74) is 0.561. The zero-order chi connectivity index (χ0) is 20.4. The van der Waals surface area contributed by atoms with Crippen molar-refractivity contribution in [3.63, 3.8) is 0 Å². The number of para-hydroxylation sites is 1. The number of thioether (sulfide) groups is 1. The Morgan fingerprint density at radius 3 is 2.69 bits per heavy atom. The third-order valence-electron chi connectivity index (χ3n) is 5.70. The van der Waals surface area contributed by atoms with Crippen LogP contribution >= 0.6 is 11.8 Å². The molecule has 8 heteroatoms. The molecule has 2 aliphatic rings. The molecule has 29 heavy (non-hydrogen) atoms. The average molecular weight is 415 g/mol. The van der Waals surface area contributed by atoms with Crippen LogP contribution in [0.1, 0.15) is 51.5 Å². The Balaban J connectivity index is 1.40. The van der Waals surface area contributed by atoms with Crippen LogP contribution in [0.3, 0.4) is 0 Å². The molecule has 2 N–H and O–H groups in total. The molecule has 2 aromatic rings. The summed E-state index contributed by atoms with van der Waals surface area (Å²) in [6.45, 7) is 2.13. The van der Waals surface area contributed by atoms with Gasteiger partial charge in [-0.15, -0.1) is 0 Å². The second kappa shape index (κ2) is 8.57. The number of nitrogens with zero attached hydrogens (tertiary/aromatic N) is 2. The molecule has 0 spiro atoms. The summed E-state index contributed by atoms with van der Waals surface area (Å²) in [4.78, 5) is 41.9. The van der Waals surface area contributed by atoms with Crippen LogP contribution in [0.25, 0.3) is 10.9 Å². The van der Waals surface area contributed by atoms with Gasteiger partial charge in [0.15, 0.2) is 5.16 Å². The van der Waals surface area contributed by atoms with E-state index in [1.54, 1.807) is 16.7 Å². The fraction of sp³-hybridized carbons (Fsp3) is 0.524. The highest BCUT2D eigenvalue weighted by Crippen LogP contribution is 2.36. The highest BCUT2D eigenvalue weighted by atomic mass is 32.2. The van der Waals surface area contributed by atoms with E-state index >= 15 is 0 Å². The van der Waals surface area contributed by atoms with Gasteiger partial charge in [0.2, 0.25) is 5.91 Å². The van der Waals surface area contributed by atoms with Gasteiger partial charge in [0, 0.05) is 12.1 Å². The molecule has 0 saturated heterocycles. The van der Waals surface area contributed by atoms with Crippen molar-refractivity contribution in [1.82, 2.24) is 20.2 Å². The van der Waals surface area contributed by atoms with Crippen LogP contribution in [0.4, 0.5) is 4.79 Å². The standard InChI is InChI=1S/C21H26N4O3S/c1-13-6-2-4-8-16(13)22-20(28)24-18(26)12-29-21-23-17-9-5-3-7-15(17)19(27)25(21)14-10-11-14/h3,5,7,9,13-14,16H,2,4,6,8,10-12H2,1H3,(H2,22,24,26,28)/t13-,16+/m0/s1. The fourth-order valence-corrected chi connectivity index (χ4v) is 4.78. The number of nitrogens with one attached hydrogen (secondary N) is 2. The Morgan fingerprint density at radius 1 is 1.17 bits per heavy atom. The first-order valence-electron chi connectivity index (χ1n) is 10.3. The summed E-state index contributed by atoms with van der Waals surface area (Å²) in [5.74, 6) is 0.0694. The van der Waals surface area contributed by atoms with Gasteiger partial charge in [-0.2, -0.15) is 0 Å². The van der Waals surface area contributed by atoms with Gasteiger partial charge in [0.05, 0.1) is 16.7 Å². The minimum atomic E-state index is -0.444. The van der Waals surface area contributed by atoms with Crippen LogP contribution in [-0.4, -0.2) is 33.3 Å². The zero-order valence-corrected chi connectivity index (χ0v) is 17.3. The predicted octanol–water partition coefficient (Wildman–Crippen LogP) is 3.23. The van der Waals surface area contributed by atoms with Crippen LogP contribution in [0.5, 0.6) is 0 Å². The summed E-state index contributed by atoms with van der Waals surface area (Å²) >= 11 is 1.20. The van der Waals surface area contributed by atoms with Gasteiger partial charge in [0.1, 0.15) is 0 Å². The van der Waals surface area contributed by atoms with Gasteiger partial charge in [0.25, 0.3) is 5.56 Å². The lowest BCUT2D eigenvalue weighted by molar-refractivity contribution is -0.117. The molecule has 2 fully saturated rings. The van der Waals surface area contributed by atoms with Crippen molar-refractivity contribution in [3.05, 3.63) is 34.6 Å². The van der Waals surface area contributed by atoms with Gasteiger partial charge in [-0.1, -0.05) is 43.7 Å². The van der Waals surface area contributed by atoms with E-state index in [-0.39, 0.29) is 29.3 Å². The molecule has 0 aliphatic heterocycles. The first-order valence-corrected chi connectivity index (χ1v) is 11.3. The minimum absolute atomic E-state index is 0.0329. The summed E-state index contributed by atoms with van der Waals surface area (Å²) in [6.07, 6.45) is 6.24. The Hall–Kier alpha value is -2.35. The van der Waals surface area contributed by atoms with E-state index in [1.165, 1.54) is 18.2 Å². The van der Waals surface area contributed by atoms with Crippen molar-refractivity contribution in [2.45, 2.75) is 62.7 Å². The Bertz CT molecular complexity index is 986. The summed E-state index contributed by atoms with van der Waals surface area (Å²) in [6, 6.07) is 7.08. The Morgan fingerprint density at radius 2 is 1.93 bits per heavy atom. The summed E-state index contributed by atoms with van der Waals surface area (Å²) in [7, 11) is 0. The molecule has 3 amide bonds. The second-order valence-electron chi connectivity index (χ2n) is 8.00. The minimum Gasteiger partial charge on any atom is -0.335 e. The van der Waals surface area contributed by atoms with Crippen molar-refractivity contribution in [2.75, 3.05) is 5.75 Å². The predicted molar refractivity (Wildman–Crippen MR) is 113 cm³/mol. The van der Waals surface area contributed by atoms with Crippen LogP contribution < -0.4 is 16.2 Å². The number of benzene rings is 1. The summed E-state index contributed by atoms with van der Waals surface area (Å²) in [5, 5.41) is 6.46. The molecule has 7 nitrogen and oxygen atoms in total. The van der Waals surface area contributed by atoms with E-state index in [4.69, 9.17) is 0 Å². The number of carbonyl (C=O) groups is 2. The molecule has 2 atom stereocenters. The highest BCUT2D eigenvalue weighted by Gasteiger charge is 2.29. The number of hydrogen-bond donors (Lipinski definition) is 2. The average Bonchev–Trinajstić information content (AvgIpc) is 3.53. The molecule has 1 aromatic carbocycles. The van der Waals surface area contributed by atoms with Gasteiger partial charge in [-0.25, -0.2) is 9.78 Å². The van der Waals surface area contributed by atoms with Gasteiger partial charge < -0.3 is 5.32 Å². The molecule has 154 valence electrons. The summed E-state index contributed by atoms with van der Waals surface area (Å²) < 4.78 is 1.70. The maximum atomic E-state index is 12.9. The number of imide groups is 1. The van der Waals surface area contributed by atoms with Crippen LogP contribution in [0.15, 0.2) is 34.2 Å². The van der Waals surface area contributed by atoms with Crippen LogP contribution in [0.2, 0.25) is 0 Å². The first kappa shape index (κ1) is 19.9. The molecular formula is C21H26N4O3S. The molecule has 2 aliphatic carbocycles. The Kier molecular flexibility index (Phi) is 5.89. The van der Waals surface area contributed by atoms with Crippen LogP contribution in [0, 0.1) is 5.92 Å². The van der Waals surface area contributed by atoms with Gasteiger partial charge in [-0.3, -0.25) is 19.5 Å². The van der Waals surface area contributed by atoms with Gasteiger partial charge in [-0.05, 0) is 43.7 Å². The number of rotatable bonds is 5. The molecule has 2 saturated carbocycles. The molecule has 1 aromatic heterocycles. The smallest absolute Gasteiger partial charge is 0.321 e. The van der Waals surface area contributed by atoms with E-state index in [1.807, 2.05) is 12.1 Å². The fourth-order valence-electron chi connectivity index (χ4n) is 3.91. The second-order valence-corrected chi connectivity index (χ2v) is 8.94. The number of fused-ring (bicyclic) bond motifs is 1. The van der Waals surface area contributed by atoms with Crippen LogP contribution in [-0.2, 0) is 4.79 Å². The van der Waals surface area contributed by atoms with Crippen molar-refractivity contribution in [3.8, 4) is 0 Å². The third kappa shape index (κ3) is 4.63. The maximum Gasteiger partial charge on any atom is 0.321 e. The monoisotopic (exact) mass is 414 g/mol. The largest absolute Gasteiger partial charge is 0.335 e. The molecule has 0 unspecified atom stereocenters. The van der Waals surface area contributed by atoms with E-state index in [0.29, 0.717) is 22.0 Å². The molecule has 0 bridgehead atoms. The molecular weight excluding hydrogens is 388 g/mol. The molecule has 0 radical (unpaired) electrons. The maximum absolute atomic E-state index is 12.9. The van der Waals surface area contributed by atoms with Gasteiger partial charge >= 0.3 is 6.03 Å². The number of carbonyl (C=O) groups excluding carboxylic acids is 2. The van der Waals surface area contributed by atoms with Crippen molar-refractivity contribution < 1.29 is 9.59 Å². The zero-order valence-electron chi connectivity index (χ0n) is 16.5. The van der Waals surface area contributed by atoms with Crippen molar-refractivity contribution in [1.29, 1.82) is 0 Å². The van der Waals surface area contributed by atoms with Crippen molar-refractivity contribution >= 4 is 34.6 Å². The van der Waals surface area contributed by atoms with E-state index in [2.05, 4.69) is 22.5 Å². The van der Waals surface area contributed by atoms with Crippen molar-refractivity contribution in [2.24, 2.45) is 5.92 Å². The quantitative estimate of drug-likeness (QED) is 0.579. The number of urea groups is 1. The third-order valence-corrected chi connectivity index (χ3v) is 6.65. The first-order chi connectivity index (χ1) is 14.0. The lowest BCUT2D eigenvalue weighted by Crippen LogP contribution is -2.48. The molecule has 1 heterocycles. The lowest BCUT2D eigenvalue weighted by atomic mass is 9.86. The highest BCUT2D eigenvalue weighted by molar-refractivity contribution is 7.99.